The fourth-order valence-corrected chi connectivity index (χ4v) is 2.89. The Hall–Kier alpha value is -1.94. The Labute approximate surface area is 129 Å². The third-order valence-corrected chi connectivity index (χ3v) is 4.47. The van der Waals surface area contributed by atoms with E-state index in [1.54, 1.807) is 23.9 Å². The van der Waals surface area contributed by atoms with E-state index in [4.69, 9.17) is 5.73 Å². The average Bonchev–Trinajstić information content (AvgIpc) is 2.46. The average molecular weight is 300 g/mol. The van der Waals surface area contributed by atoms with Crippen molar-refractivity contribution in [2.24, 2.45) is 0 Å². The van der Waals surface area contributed by atoms with E-state index in [-0.39, 0.29) is 11.2 Å². The Balaban J connectivity index is 1.90. The zero-order valence-corrected chi connectivity index (χ0v) is 13.1. The van der Waals surface area contributed by atoms with E-state index in [9.17, 15) is 4.79 Å². The van der Waals surface area contributed by atoms with Crippen LogP contribution in [0, 0.1) is 6.92 Å². The number of hydrogen-bond acceptors (Lipinski definition) is 3. The number of carbonyl (C=O) groups excluding carboxylic acids is 1. The van der Waals surface area contributed by atoms with Crippen molar-refractivity contribution in [2.45, 2.75) is 24.9 Å². The maximum Gasteiger partial charge on any atom is 0.237 e. The lowest BCUT2D eigenvalue weighted by Crippen LogP contribution is -2.22. The van der Waals surface area contributed by atoms with E-state index in [0.717, 1.165) is 11.4 Å². The highest BCUT2D eigenvalue weighted by atomic mass is 32.2. The fourth-order valence-electron chi connectivity index (χ4n) is 1.92. The molecule has 0 bridgehead atoms. The van der Waals surface area contributed by atoms with Crippen molar-refractivity contribution >= 4 is 29.0 Å². The topological polar surface area (TPSA) is 55.1 Å². The molecule has 3 nitrogen and oxygen atoms in total. The van der Waals surface area contributed by atoms with E-state index >= 15 is 0 Å². The van der Waals surface area contributed by atoms with Gasteiger partial charge < -0.3 is 11.1 Å². The quantitative estimate of drug-likeness (QED) is 0.825. The summed E-state index contributed by atoms with van der Waals surface area (Å²) in [5.41, 5.74) is 9.62. The lowest BCUT2D eigenvalue weighted by molar-refractivity contribution is -0.115. The highest BCUT2D eigenvalue weighted by molar-refractivity contribution is 7.99. The molecule has 0 radical (unpaired) electrons. The van der Waals surface area contributed by atoms with Crippen molar-refractivity contribution in [3.05, 3.63) is 59.7 Å². The van der Waals surface area contributed by atoms with Crippen molar-refractivity contribution in [1.82, 2.24) is 0 Å². The van der Waals surface area contributed by atoms with Crippen LogP contribution in [0.2, 0.25) is 0 Å². The van der Waals surface area contributed by atoms with Crippen LogP contribution in [0.1, 0.15) is 18.1 Å². The monoisotopic (exact) mass is 300 g/mol. The van der Waals surface area contributed by atoms with Crippen LogP contribution in [-0.4, -0.2) is 11.2 Å². The van der Waals surface area contributed by atoms with Crippen molar-refractivity contribution in [3.8, 4) is 0 Å². The number of carbonyl (C=O) groups is 1. The van der Waals surface area contributed by atoms with Crippen molar-refractivity contribution in [1.29, 1.82) is 0 Å². The van der Waals surface area contributed by atoms with Crippen LogP contribution in [0.25, 0.3) is 0 Å². The van der Waals surface area contributed by atoms with Gasteiger partial charge in [-0.1, -0.05) is 30.3 Å². The number of nitrogen functional groups attached to an aromatic ring is 1. The number of amides is 1. The van der Waals surface area contributed by atoms with Gasteiger partial charge in [0.2, 0.25) is 5.91 Å². The second-order valence-electron chi connectivity index (χ2n) is 4.99. The van der Waals surface area contributed by atoms with E-state index in [0.29, 0.717) is 5.69 Å². The molecule has 0 spiro atoms. The van der Waals surface area contributed by atoms with Gasteiger partial charge in [0.1, 0.15) is 0 Å². The van der Waals surface area contributed by atoms with E-state index in [1.165, 1.54) is 11.1 Å². The van der Waals surface area contributed by atoms with Gasteiger partial charge >= 0.3 is 0 Å². The highest BCUT2D eigenvalue weighted by Crippen LogP contribution is 2.21. The molecular formula is C17H20N2OS. The maximum atomic E-state index is 12.2. The molecule has 1 atom stereocenters. The minimum Gasteiger partial charge on any atom is -0.399 e. The van der Waals surface area contributed by atoms with Crippen LogP contribution in [0.3, 0.4) is 0 Å². The van der Waals surface area contributed by atoms with E-state index in [2.05, 4.69) is 24.4 Å². The fraction of sp³-hybridized carbons (Fsp3) is 0.235. The number of thioether (sulfide) groups is 1. The van der Waals surface area contributed by atoms with Gasteiger partial charge in [-0.25, -0.2) is 0 Å². The predicted molar refractivity (Wildman–Crippen MR) is 91.4 cm³/mol. The molecule has 21 heavy (non-hydrogen) atoms. The summed E-state index contributed by atoms with van der Waals surface area (Å²) in [6, 6.07) is 15.5. The number of nitrogens with two attached hydrogens (primary N) is 1. The molecule has 0 heterocycles. The minimum atomic E-state index is -0.119. The van der Waals surface area contributed by atoms with Gasteiger partial charge in [0.15, 0.2) is 0 Å². The standard InChI is InChI=1S/C17H20N2OS/c1-12-6-3-4-7-14(12)11-21-13(2)17(20)19-16-9-5-8-15(18)10-16/h3-10,13H,11,18H2,1-2H3,(H,19,20). The Morgan fingerprint density at radius 1 is 1.24 bits per heavy atom. The van der Waals surface area contributed by atoms with E-state index in [1.807, 2.05) is 31.2 Å². The number of rotatable bonds is 5. The van der Waals surface area contributed by atoms with Gasteiger partial charge in [0.25, 0.3) is 0 Å². The molecule has 2 aromatic carbocycles. The second kappa shape index (κ2) is 7.18. The van der Waals surface area contributed by atoms with E-state index < -0.39 is 0 Å². The Kier molecular flexibility index (Phi) is 5.28. The number of nitrogens with one attached hydrogen (secondary N) is 1. The van der Waals surface area contributed by atoms with Gasteiger partial charge in [-0.3, -0.25) is 4.79 Å². The predicted octanol–water partition coefficient (Wildman–Crippen LogP) is 3.84. The molecule has 0 aliphatic rings. The smallest absolute Gasteiger partial charge is 0.237 e. The summed E-state index contributed by atoms with van der Waals surface area (Å²) < 4.78 is 0. The largest absolute Gasteiger partial charge is 0.399 e. The molecule has 0 aromatic heterocycles. The summed E-state index contributed by atoms with van der Waals surface area (Å²) in [6.45, 7) is 4.01. The number of aryl methyl sites for hydroxylation is 1. The summed E-state index contributed by atoms with van der Waals surface area (Å²) in [7, 11) is 0. The summed E-state index contributed by atoms with van der Waals surface area (Å²) >= 11 is 1.63. The van der Waals surface area contributed by atoms with Crippen LogP contribution in [-0.2, 0) is 10.5 Å². The molecule has 2 rings (SSSR count). The Morgan fingerprint density at radius 2 is 2.00 bits per heavy atom. The van der Waals surface area contributed by atoms with Crippen LogP contribution in [0.5, 0.6) is 0 Å². The maximum absolute atomic E-state index is 12.2. The van der Waals surface area contributed by atoms with Crippen LogP contribution < -0.4 is 11.1 Å². The number of benzene rings is 2. The summed E-state index contributed by atoms with van der Waals surface area (Å²) in [5.74, 6) is 0.831. The molecule has 1 unspecified atom stereocenters. The minimum absolute atomic E-state index is 0.000755. The summed E-state index contributed by atoms with van der Waals surface area (Å²) in [4.78, 5) is 12.2. The molecule has 0 aliphatic heterocycles. The van der Waals surface area contributed by atoms with Gasteiger partial charge in [-0.15, -0.1) is 11.8 Å². The summed E-state index contributed by atoms with van der Waals surface area (Å²) in [5, 5.41) is 2.77. The van der Waals surface area contributed by atoms with Crippen molar-refractivity contribution in [2.75, 3.05) is 11.1 Å². The third-order valence-electron chi connectivity index (χ3n) is 3.27. The molecule has 1 amide bonds. The number of anilines is 2. The van der Waals surface area contributed by atoms with Gasteiger partial charge in [-0.2, -0.15) is 0 Å². The van der Waals surface area contributed by atoms with Crippen molar-refractivity contribution < 1.29 is 4.79 Å². The zero-order chi connectivity index (χ0) is 15.2. The second-order valence-corrected chi connectivity index (χ2v) is 6.32. The molecule has 0 aliphatic carbocycles. The van der Waals surface area contributed by atoms with Gasteiger partial charge in [-0.05, 0) is 43.2 Å². The Morgan fingerprint density at radius 3 is 2.71 bits per heavy atom. The zero-order valence-electron chi connectivity index (χ0n) is 12.3. The molecule has 4 heteroatoms. The normalized spacial score (nSPS) is 11.9. The third kappa shape index (κ3) is 4.53. The molecule has 0 saturated carbocycles. The van der Waals surface area contributed by atoms with Crippen molar-refractivity contribution in [3.63, 3.8) is 0 Å². The molecule has 0 saturated heterocycles. The van der Waals surface area contributed by atoms with Crippen LogP contribution >= 0.6 is 11.8 Å². The lowest BCUT2D eigenvalue weighted by Gasteiger charge is -2.13. The first-order valence-corrected chi connectivity index (χ1v) is 7.93. The van der Waals surface area contributed by atoms with Crippen LogP contribution in [0.4, 0.5) is 11.4 Å². The first-order chi connectivity index (χ1) is 10.1. The van der Waals surface area contributed by atoms with Gasteiger partial charge in [0, 0.05) is 17.1 Å². The molecule has 2 aromatic rings. The molecule has 0 fully saturated rings. The molecular weight excluding hydrogens is 280 g/mol. The molecule has 110 valence electrons. The lowest BCUT2D eigenvalue weighted by atomic mass is 10.1. The first-order valence-electron chi connectivity index (χ1n) is 6.89. The number of hydrogen-bond donors (Lipinski definition) is 2. The highest BCUT2D eigenvalue weighted by Gasteiger charge is 2.14. The Bertz CT molecular complexity index is 628. The molecule has 3 N–H and O–H groups in total. The van der Waals surface area contributed by atoms with Gasteiger partial charge in [0.05, 0.1) is 5.25 Å². The first kappa shape index (κ1) is 15.4. The van der Waals surface area contributed by atoms with Crippen LogP contribution in [0.15, 0.2) is 48.5 Å². The summed E-state index contributed by atoms with van der Waals surface area (Å²) in [6.07, 6.45) is 0. The SMILES string of the molecule is Cc1ccccc1CSC(C)C(=O)Nc1cccc(N)c1.